The number of rotatable bonds is 8. The Morgan fingerprint density at radius 1 is 1.33 bits per heavy atom. The monoisotopic (exact) mass is 300 g/mol. The van der Waals surface area contributed by atoms with Gasteiger partial charge in [-0.05, 0) is 19.3 Å². The number of nitrogens with one attached hydrogen (secondary N) is 1. The lowest BCUT2D eigenvalue weighted by Crippen LogP contribution is -2.50. The van der Waals surface area contributed by atoms with Crippen LogP contribution in [0.1, 0.15) is 40.0 Å². The van der Waals surface area contributed by atoms with E-state index in [9.17, 15) is 9.59 Å². The van der Waals surface area contributed by atoms with Crippen LogP contribution in [-0.4, -0.2) is 54.4 Å². The first-order chi connectivity index (χ1) is 9.97. The standard InChI is InChI=1S/C15H28N2O4/c1-4-17(13-10-21-9-12(13)14(18)19)15(20)16-8-6-5-7-11(2)3/h11-13H,4-10H2,1-3H3,(H,16,20)(H,18,19). The molecule has 6 heteroatoms. The lowest BCUT2D eigenvalue weighted by Gasteiger charge is -2.29. The second kappa shape index (κ2) is 8.87. The van der Waals surface area contributed by atoms with Gasteiger partial charge >= 0.3 is 12.0 Å². The summed E-state index contributed by atoms with van der Waals surface area (Å²) in [7, 11) is 0. The van der Waals surface area contributed by atoms with Crippen molar-refractivity contribution in [1.29, 1.82) is 0 Å². The van der Waals surface area contributed by atoms with Gasteiger partial charge in [-0.3, -0.25) is 4.79 Å². The number of urea groups is 1. The molecule has 0 aromatic heterocycles. The third-order valence-electron chi connectivity index (χ3n) is 3.85. The van der Waals surface area contributed by atoms with E-state index in [4.69, 9.17) is 9.84 Å². The van der Waals surface area contributed by atoms with Crippen LogP contribution in [-0.2, 0) is 9.53 Å². The minimum absolute atomic E-state index is 0.179. The summed E-state index contributed by atoms with van der Waals surface area (Å²) in [4.78, 5) is 25.0. The van der Waals surface area contributed by atoms with Crippen LogP contribution in [0.15, 0.2) is 0 Å². The highest BCUT2D eigenvalue weighted by Crippen LogP contribution is 2.20. The summed E-state index contributed by atoms with van der Waals surface area (Å²) in [5.41, 5.74) is 0. The smallest absolute Gasteiger partial charge is 0.317 e. The number of carboxylic acid groups (broad SMARTS) is 1. The Morgan fingerprint density at radius 3 is 2.62 bits per heavy atom. The van der Waals surface area contributed by atoms with Gasteiger partial charge in [-0.1, -0.05) is 26.7 Å². The number of hydrogen-bond acceptors (Lipinski definition) is 3. The van der Waals surface area contributed by atoms with Gasteiger partial charge in [-0.25, -0.2) is 4.79 Å². The van der Waals surface area contributed by atoms with Gasteiger partial charge in [0, 0.05) is 13.1 Å². The molecule has 1 fully saturated rings. The normalized spacial score (nSPS) is 21.5. The predicted molar refractivity (Wildman–Crippen MR) is 80.2 cm³/mol. The maximum absolute atomic E-state index is 12.2. The first-order valence-electron chi connectivity index (χ1n) is 7.82. The van der Waals surface area contributed by atoms with Crippen LogP contribution in [0.3, 0.4) is 0 Å². The number of amides is 2. The Balaban J connectivity index is 2.40. The molecule has 0 bridgehead atoms. The van der Waals surface area contributed by atoms with Crippen molar-refractivity contribution in [1.82, 2.24) is 10.2 Å². The molecule has 1 heterocycles. The second-order valence-corrected chi connectivity index (χ2v) is 5.96. The van der Waals surface area contributed by atoms with Crippen molar-refractivity contribution in [3.63, 3.8) is 0 Å². The Morgan fingerprint density at radius 2 is 2.05 bits per heavy atom. The molecule has 1 rings (SSSR count). The minimum atomic E-state index is -0.902. The van der Waals surface area contributed by atoms with Crippen LogP contribution < -0.4 is 5.32 Å². The fourth-order valence-corrected chi connectivity index (χ4v) is 2.59. The summed E-state index contributed by atoms with van der Waals surface area (Å²) in [5, 5.41) is 12.1. The first kappa shape index (κ1) is 17.8. The lowest BCUT2D eigenvalue weighted by atomic mass is 10.0. The zero-order valence-electron chi connectivity index (χ0n) is 13.3. The van der Waals surface area contributed by atoms with E-state index in [0.717, 1.165) is 19.3 Å². The summed E-state index contributed by atoms with van der Waals surface area (Å²) >= 11 is 0. The van der Waals surface area contributed by atoms with Gasteiger partial charge in [-0.15, -0.1) is 0 Å². The van der Waals surface area contributed by atoms with E-state index in [1.54, 1.807) is 4.90 Å². The van der Waals surface area contributed by atoms with Crippen molar-refractivity contribution in [3.05, 3.63) is 0 Å². The molecule has 2 amide bonds. The van der Waals surface area contributed by atoms with Gasteiger partial charge in [0.15, 0.2) is 0 Å². The van der Waals surface area contributed by atoms with Crippen LogP contribution >= 0.6 is 0 Å². The van der Waals surface area contributed by atoms with E-state index >= 15 is 0 Å². The summed E-state index contributed by atoms with van der Waals surface area (Å²) in [5.74, 6) is -0.850. The molecule has 0 radical (unpaired) electrons. The largest absolute Gasteiger partial charge is 0.481 e. The van der Waals surface area contributed by atoms with Crippen molar-refractivity contribution in [3.8, 4) is 0 Å². The molecule has 2 atom stereocenters. The number of aliphatic carboxylic acids is 1. The van der Waals surface area contributed by atoms with E-state index in [0.29, 0.717) is 25.6 Å². The van der Waals surface area contributed by atoms with E-state index in [1.807, 2.05) is 6.92 Å². The van der Waals surface area contributed by atoms with Crippen LogP contribution in [0, 0.1) is 11.8 Å². The zero-order chi connectivity index (χ0) is 15.8. The highest BCUT2D eigenvalue weighted by atomic mass is 16.5. The van der Waals surface area contributed by atoms with Gasteiger partial charge in [0.2, 0.25) is 0 Å². The molecule has 1 saturated heterocycles. The SMILES string of the molecule is CCN(C(=O)NCCCCC(C)C)C1COCC1C(=O)O. The van der Waals surface area contributed by atoms with Crippen molar-refractivity contribution in [2.45, 2.75) is 46.1 Å². The van der Waals surface area contributed by atoms with Crippen LogP contribution in [0.2, 0.25) is 0 Å². The molecule has 2 unspecified atom stereocenters. The Bertz CT molecular complexity index is 347. The minimum Gasteiger partial charge on any atom is -0.481 e. The lowest BCUT2D eigenvalue weighted by molar-refractivity contribution is -0.142. The summed E-state index contributed by atoms with van der Waals surface area (Å²) in [6, 6.07) is -0.563. The molecule has 1 aliphatic heterocycles. The predicted octanol–water partition coefficient (Wildman–Crippen LogP) is 1.94. The molecule has 6 nitrogen and oxygen atoms in total. The van der Waals surface area contributed by atoms with Crippen molar-refractivity contribution in [2.24, 2.45) is 11.8 Å². The Hall–Kier alpha value is -1.30. The zero-order valence-corrected chi connectivity index (χ0v) is 13.3. The Labute approximate surface area is 126 Å². The third kappa shape index (κ3) is 5.53. The number of unbranched alkanes of at least 4 members (excludes halogenated alkanes) is 1. The van der Waals surface area contributed by atoms with Crippen LogP contribution in [0.4, 0.5) is 4.79 Å². The van der Waals surface area contributed by atoms with Gasteiger partial charge in [0.25, 0.3) is 0 Å². The molecule has 0 aromatic carbocycles. The number of carbonyl (C=O) groups is 2. The van der Waals surface area contributed by atoms with Gasteiger partial charge in [-0.2, -0.15) is 0 Å². The summed E-state index contributed by atoms with van der Waals surface area (Å²) < 4.78 is 5.23. The van der Waals surface area contributed by atoms with Gasteiger partial charge < -0.3 is 20.1 Å². The highest BCUT2D eigenvalue weighted by molar-refractivity contribution is 5.77. The molecule has 1 aliphatic rings. The van der Waals surface area contributed by atoms with E-state index < -0.39 is 11.9 Å². The molecule has 21 heavy (non-hydrogen) atoms. The maximum atomic E-state index is 12.2. The van der Waals surface area contributed by atoms with E-state index in [1.165, 1.54) is 0 Å². The molecular weight excluding hydrogens is 272 g/mol. The molecule has 0 spiro atoms. The fraction of sp³-hybridized carbons (Fsp3) is 0.867. The number of likely N-dealkylation sites (N-methyl/N-ethyl adjacent to an activating group) is 1. The average molecular weight is 300 g/mol. The molecular formula is C15H28N2O4. The third-order valence-corrected chi connectivity index (χ3v) is 3.85. The second-order valence-electron chi connectivity index (χ2n) is 5.96. The van der Waals surface area contributed by atoms with Crippen LogP contribution in [0.25, 0.3) is 0 Å². The molecule has 2 N–H and O–H groups in total. The topological polar surface area (TPSA) is 78.9 Å². The first-order valence-corrected chi connectivity index (χ1v) is 7.82. The molecule has 0 aromatic rings. The van der Waals surface area contributed by atoms with Crippen LogP contribution in [0.5, 0.6) is 0 Å². The maximum Gasteiger partial charge on any atom is 0.317 e. The molecule has 0 aliphatic carbocycles. The summed E-state index contributed by atoms with van der Waals surface area (Å²) in [6.07, 6.45) is 3.20. The van der Waals surface area contributed by atoms with Crippen molar-refractivity contribution >= 4 is 12.0 Å². The van der Waals surface area contributed by atoms with Crippen molar-refractivity contribution < 1.29 is 19.4 Å². The number of carbonyl (C=O) groups excluding carboxylic acids is 1. The van der Waals surface area contributed by atoms with E-state index in [2.05, 4.69) is 19.2 Å². The number of ether oxygens (including phenoxy) is 1. The van der Waals surface area contributed by atoms with Gasteiger partial charge in [0.05, 0.1) is 19.3 Å². The Kier molecular flexibility index (Phi) is 7.50. The van der Waals surface area contributed by atoms with E-state index in [-0.39, 0.29) is 18.7 Å². The molecule has 122 valence electrons. The summed E-state index contributed by atoms with van der Waals surface area (Å²) in [6.45, 7) is 7.81. The number of carboxylic acids is 1. The van der Waals surface area contributed by atoms with Gasteiger partial charge in [0.1, 0.15) is 5.92 Å². The molecule has 0 saturated carbocycles. The quantitative estimate of drug-likeness (QED) is 0.672. The number of hydrogen-bond donors (Lipinski definition) is 2. The average Bonchev–Trinajstić information content (AvgIpc) is 2.88. The highest BCUT2D eigenvalue weighted by Gasteiger charge is 2.39. The van der Waals surface area contributed by atoms with Crippen molar-refractivity contribution in [2.75, 3.05) is 26.3 Å². The fourth-order valence-electron chi connectivity index (χ4n) is 2.59. The number of nitrogens with zero attached hydrogens (tertiary/aromatic N) is 1.